The third-order valence-electron chi connectivity index (χ3n) is 3.16. The van der Waals surface area contributed by atoms with E-state index in [1.54, 1.807) is 0 Å². The van der Waals surface area contributed by atoms with Crippen molar-refractivity contribution in [2.45, 2.75) is 31.4 Å². The van der Waals surface area contributed by atoms with Crippen molar-refractivity contribution in [3.05, 3.63) is 0 Å². The number of aliphatic carboxylic acids is 1. The number of carboxylic acid groups (broad SMARTS) is 1. The lowest BCUT2D eigenvalue weighted by Gasteiger charge is -2.32. The van der Waals surface area contributed by atoms with Crippen LogP contribution < -0.4 is 10.6 Å². The van der Waals surface area contributed by atoms with E-state index in [-0.39, 0.29) is 6.54 Å². The second-order valence-corrected chi connectivity index (χ2v) is 4.58. The van der Waals surface area contributed by atoms with Gasteiger partial charge in [0.2, 0.25) is 0 Å². The topological polar surface area (TPSA) is 102 Å². The molecule has 104 valence electrons. The third kappa shape index (κ3) is 4.89. The number of amides is 2. The van der Waals surface area contributed by atoms with Crippen molar-refractivity contribution >= 4 is 12.0 Å². The molecule has 1 unspecified atom stereocenters. The van der Waals surface area contributed by atoms with E-state index in [0.717, 1.165) is 19.4 Å². The molecule has 1 fully saturated rings. The summed E-state index contributed by atoms with van der Waals surface area (Å²) in [5.74, 6) is -1.35. The molecule has 0 radical (unpaired) electrons. The quantitative estimate of drug-likeness (QED) is 0.518. The van der Waals surface area contributed by atoms with Gasteiger partial charge in [0.15, 0.2) is 6.10 Å². The lowest BCUT2D eigenvalue weighted by Crippen LogP contribution is -2.48. The fourth-order valence-electron chi connectivity index (χ4n) is 1.95. The molecule has 0 saturated carbocycles. The number of urea groups is 1. The molecule has 0 aliphatic carbocycles. The fourth-order valence-corrected chi connectivity index (χ4v) is 1.95. The van der Waals surface area contributed by atoms with Gasteiger partial charge >= 0.3 is 12.0 Å². The van der Waals surface area contributed by atoms with Gasteiger partial charge in [0.05, 0.1) is 6.54 Å². The summed E-state index contributed by atoms with van der Waals surface area (Å²) in [5, 5.41) is 22.4. The van der Waals surface area contributed by atoms with Crippen LogP contribution in [0.4, 0.5) is 4.79 Å². The van der Waals surface area contributed by atoms with Crippen LogP contribution in [-0.2, 0) is 4.79 Å². The van der Waals surface area contributed by atoms with Crippen molar-refractivity contribution in [2.24, 2.45) is 0 Å². The van der Waals surface area contributed by atoms with Crippen LogP contribution in [0.2, 0.25) is 0 Å². The largest absolute Gasteiger partial charge is 0.479 e. The first-order valence-corrected chi connectivity index (χ1v) is 6.13. The van der Waals surface area contributed by atoms with Crippen LogP contribution in [0, 0.1) is 0 Å². The Kier molecular flexibility index (Phi) is 5.87. The molecule has 1 saturated heterocycles. The van der Waals surface area contributed by atoms with E-state index < -0.39 is 18.1 Å². The van der Waals surface area contributed by atoms with Gasteiger partial charge in [-0.1, -0.05) is 6.42 Å². The molecule has 7 heteroatoms. The summed E-state index contributed by atoms with van der Waals surface area (Å²) in [6.07, 6.45) is 1.84. The lowest BCUT2D eigenvalue weighted by molar-refractivity contribution is -0.146. The number of aliphatic hydroxyl groups is 1. The molecule has 1 heterocycles. The molecule has 2 amide bonds. The zero-order valence-electron chi connectivity index (χ0n) is 10.6. The number of carbonyl (C=O) groups excluding carboxylic acids is 1. The normalized spacial score (nSPS) is 22.2. The average molecular weight is 259 g/mol. The van der Waals surface area contributed by atoms with E-state index in [4.69, 9.17) is 10.2 Å². The summed E-state index contributed by atoms with van der Waals surface area (Å²) in [7, 11) is 2.03. The molecule has 18 heavy (non-hydrogen) atoms. The van der Waals surface area contributed by atoms with Crippen molar-refractivity contribution in [3.8, 4) is 0 Å². The van der Waals surface area contributed by atoms with Gasteiger partial charge in [0, 0.05) is 12.6 Å². The second kappa shape index (κ2) is 7.17. The maximum Gasteiger partial charge on any atom is 0.334 e. The molecular formula is C11H21N3O4. The fraction of sp³-hybridized carbons (Fsp3) is 0.818. The summed E-state index contributed by atoms with van der Waals surface area (Å²) in [4.78, 5) is 23.9. The van der Waals surface area contributed by atoms with Crippen molar-refractivity contribution in [1.82, 2.24) is 15.5 Å². The number of nitrogens with zero attached hydrogens (tertiary/aromatic N) is 1. The molecule has 0 aromatic rings. The number of carbonyl (C=O) groups is 2. The van der Waals surface area contributed by atoms with Gasteiger partial charge in [-0.3, -0.25) is 0 Å². The Morgan fingerprint density at radius 2 is 2.11 bits per heavy atom. The standard InChI is InChI=1S/C11H21N3O4/c1-14-5-3-2-4-8(14)6-12-11(18)13-7-9(15)10(16)17/h8-9,15H,2-7H2,1H3,(H,16,17)(H2,12,13,18)/t8?,9-/m0/s1. The minimum atomic E-state index is -1.56. The van der Waals surface area contributed by atoms with Crippen LogP contribution >= 0.6 is 0 Å². The number of likely N-dealkylation sites (tertiary alicyclic amines) is 1. The van der Waals surface area contributed by atoms with E-state index in [0.29, 0.717) is 12.6 Å². The first-order chi connectivity index (χ1) is 8.50. The highest BCUT2D eigenvalue weighted by atomic mass is 16.4. The molecule has 0 bridgehead atoms. The Hall–Kier alpha value is -1.34. The highest BCUT2D eigenvalue weighted by molar-refractivity contribution is 5.76. The van der Waals surface area contributed by atoms with Crippen molar-refractivity contribution < 1.29 is 19.8 Å². The third-order valence-corrected chi connectivity index (χ3v) is 3.16. The molecule has 0 aromatic heterocycles. The van der Waals surface area contributed by atoms with Crippen molar-refractivity contribution in [3.63, 3.8) is 0 Å². The molecule has 7 nitrogen and oxygen atoms in total. The smallest absolute Gasteiger partial charge is 0.334 e. The summed E-state index contributed by atoms with van der Waals surface area (Å²) in [5.41, 5.74) is 0. The number of carboxylic acids is 1. The first-order valence-electron chi connectivity index (χ1n) is 6.13. The van der Waals surface area contributed by atoms with Gasteiger partial charge in [0.1, 0.15) is 0 Å². The summed E-state index contributed by atoms with van der Waals surface area (Å²) in [6.45, 7) is 1.28. The van der Waals surface area contributed by atoms with Crippen molar-refractivity contribution in [2.75, 3.05) is 26.7 Å². The number of hydrogen-bond donors (Lipinski definition) is 4. The average Bonchev–Trinajstić information content (AvgIpc) is 2.34. The maximum atomic E-state index is 11.4. The van der Waals surface area contributed by atoms with E-state index in [1.807, 2.05) is 7.05 Å². The predicted octanol–water partition coefficient (Wildman–Crippen LogP) is -0.785. The van der Waals surface area contributed by atoms with Gasteiger partial charge in [0.25, 0.3) is 0 Å². The zero-order valence-corrected chi connectivity index (χ0v) is 10.6. The molecule has 1 aliphatic rings. The van der Waals surface area contributed by atoms with Crippen LogP contribution in [0.1, 0.15) is 19.3 Å². The Bertz CT molecular complexity index is 298. The Balaban J connectivity index is 2.18. The molecule has 0 aromatic carbocycles. The van der Waals surface area contributed by atoms with Gasteiger partial charge in [-0.05, 0) is 26.4 Å². The van der Waals surface area contributed by atoms with Crippen LogP contribution in [-0.4, -0.2) is 65.9 Å². The van der Waals surface area contributed by atoms with Crippen molar-refractivity contribution in [1.29, 1.82) is 0 Å². The Labute approximate surface area is 106 Å². The van der Waals surface area contributed by atoms with Gasteiger partial charge in [-0.25, -0.2) is 9.59 Å². The number of nitrogens with one attached hydrogen (secondary N) is 2. The number of piperidine rings is 1. The number of rotatable bonds is 5. The SMILES string of the molecule is CN1CCCCC1CNC(=O)NC[C@H](O)C(=O)O. The maximum absolute atomic E-state index is 11.4. The zero-order chi connectivity index (χ0) is 13.5. The monoisotopic (exact) mass is 259 g/mol. The van der Waals surface area contributed by atoms with Crippen LogP contribution in [0.25, 0.3) is 0 Å². The minimum Gasteiger partial charge on any atom is -0.479 e. The number of hydrogen-bond acceptors (Lipinski definition) is 4. The Morgan fingerprint density at radius 1 is 1.39 bits per heavy atom. The summed E-state index contributed by atoms with van der Waals surface area (Å²) < 4.78 is 0. The number of aliphatic hydroxyl groups excluding tert-OH is 1. The highest BCUT2D eigenvalue weighted by Crippen LogP contribution is 2.13. The molecular weight excluding hydrogens is 238 g/mol. The highest BCUT2D eigenvalue weighted by Gasteiger charge is 2.19. The summed E-state index contributed by atoms with van der Waals surface area (Å²) in [6, 6.07) is -0.122. The Morgan fingerprint density at radius 3 is 2.72 bits per heavy atom. The predicted molar refractivity (Wildman–Crippen MR) is 65.3 cm³/mol. The van der Waals surface area contributed by atoms with Crippen LogP contribution in [0.15, 0.2) is 0 Å². The number of likely N-dealkylation sites (N-methyl/N-ethyl adjacent to an activating group) is 1. The van der Waals surface area contributed by atoms with Crippen LogP contribution in [0.3, 0.4) is 0 Å². The van der Waals surface area contributed by atoms with E-state index >= 15 is 0 Å². The van der Waals surface area contributed by atoms with Gasteiger partial charge in [-0.2, -0.15) is 0 Å². The lowest BCUT2D eigenvalue weighted by atomic mass is 10.0. The first kappa shape index (κ1) is 14.7. The van der Waals surface area contributed by atoms with Gasteiger partial charge < -0.3 is 25.7 Å². The van der Waals surface area contributed by atoms with E-state index in [9.17, 15) is 9.59 Å². The molecule has 1 aliphatic heterocycles. The minimum absolute atomic E-state index is 0.290. The van der Waals surface area contributed by atoms with Gasteiger partial charge in [-0.15, -0.1) is 0 Å². The molecule has 2 atom stereocenters. The van der Waals surface area contributed by atoms with E-state index in [2.05, 4.69) is 15.5 Å². The summed E-state index contributed by atoms with van der Waals surface area (Å²) >= 11 is 0. The van der Waals surface area contributed by atoms with E-state index in [1.165, 1.54) is 6.42 Å². The second-order valence-electron chi connectivity index (χ2n) is 4.58. The molecule has 1 rings (SSSR count). The molecule has 4 N–H and O–H groups in total. The van der Waals surface area contributed by atoms with Crippen LogP contribution in [0.5, 0.6) is 0 Å². The molecule has 0 spiro atoms.